The van der Waals surface area contributed by atoms with E-state index in [9.17, 15) is 0 Å². The predicted molar refractivity (Wildman–Crippen MR) is 308 cm³/mol. The third-order valence-corrected chi connectivity index (χ3v) is 15.5. The highest BCUT2D eigenvalue weighted by Crippen LogP contribution is 2.47. The SMILES string of the molecule is FC(F)(F)c1cc(N(c2cc(-n3c4ccccc4c4ccccc43)cc(-n3c4ccccc4c4ccccc43)c2)c2cc(-n3c4ccccc4c4ccccc43)cc(-n3c4ccccc4c4ccccc43)c2)cc(C(F)(F)F)c1. The number of fused-ring (bicyclic) bond motifs is 12. The van der Waals surface area contributed by atoms with E-state index in [-0.39, 0.29) is 11.8 Å². The summed E-state index contributed by atoms with van der Waals surface area (Å²) in [7, 11) is 0. The van der Waals surface area contributed by atoms with Crippen molar-refractivity contribution in [1.29, 1.82) is 0 Å². The Bertz CT molecular complexity index is 4190. The van der Waals surface area contributed by atoms with Gasteiger partial charge in [-0.1, -0.05) is 146 Å². The Morgan fingerprint density at radius 3 is 0.620 bits per heavy atom. The third kappa shape index (κ3) is 7.26. The molecule has 4 aromatic heterocycles. The second-order valence-electron chi connectivity index (χ2n) is 20.0. The Kier molecular flexibility index (Phi) is 10.1. The summed E-state index contributed by atoms with van der Waals surface area (Å²) in [5.41, 5.74) is 6.78. The average Bonchev–Trinajstić information content (AvgIpc) is 4.34. The smallest absolute Gasteiger partial charge is 0.310 e. The van der Waals surface area contributed by atoms with Crippen molar-refractivity contribution in [3.05, 3.63) is 260 Å². The molecule has 0 atom stereocenters. The maximum absolute atomic E-state index is 15.4. The zero-order valence-electron chi connectivity index (χ0n) is 41.7. The van der Waals surface area contributed by atoms with Gasteiger partial charge in [0.15, 0.2) is 0 Å². The second-order valence-corrected chi connectivity index (χ2v) is 20.0. The molecule has 0 amide bonds. The van der Waals surface area contributed by atoms with Crippen LogP contribution in [-0.4, -0.2) is 18.3 Å². The first-order valence-corrected chi connectivity index (χ1v) is 25.8. The minimum Gasteiger partial charge on any atom is -0.310 e. The van der Waals surface area contributed by atoms with Gasteiger partial charge in [-0.3, -0.25) is 0 Å². The molecule has 0 N–H and O–H groups in total. The molecular weight excluding hydrogens is 1000 g/mol. The van der Waals surface area contributed by atoms with Crippen LogP contribution in [-0.2, 0) is 12.4 Å². The minimum absolute atomic E-state index is 0.192. The van der Waals surface area contributed by atoms with E-state index in [1.165, 1.54) is 0 Å². The Labute approximate surface area is 446 Å². The lowest BCUT2D eigenvalue weighted by Crippen LogP contribution is -2.17. The lowest BCUT2D eigenvalue weighted by molar-refractivity contribution is -0.143. The largest absolute Gasteiger partial charge is 0.416 e. The van der Waals surface area contributed by atoms with Crippen molar-refractivity contribution in [2.75, 3.05) is 4.90 Å². The van der Waals surface area contributed by atoms with Gasteiger partial charge in [0.05, 0.1) is 89.4 Å². The van der Waals surface area contributed by atoms with E-state index in [2.05, 4.69) is 66.8 Å². The van der Waals surface area contributed by atoms with Gasteiger partial charge in [0, 0.05) is 48.8 Å². The van der Waals surface area contributed by atoms with Gasteiger partial charge in [-0.15, -0.1) is 0 Å². The van der Waals surface area contributed by atoms with E-state index < -0.39 is 23.5 Å². The van der Waals surface area contributed by atoms with E-state index in [0.29, 0.717) is 34.1 Å². The fourth-order valence-electron chi connectivity index (χ4n) is 12.3. The molecule has 0 saturated carbocycles. The third-order valence-electron chi connectivity index (χ3n) is 15.5. The number of aromatic nitrogens is 4. The lowest BCUT2D eigenvalue weighted by atomic mass is 10.0. The first-order chi connectivity index (χ1) is 38.5. The van der Waals surface area contributed by atoms with Gasteiger partial charge < -0.3 is 23.2 Å². The van der Waals surface area contributed by atoms with Crippen LogP contribution < -0.4 is 4.90 Å². The predicted octanol–water partition coefficient (Wildman–Crippen LogP) is 19.6. The molecule has 79 heavy (non-hydrogen) atoms. The zero-order valence-corrected chi connectivity index (χ0v) is 41.7. The molecule has 380 valence electrons. The molecule has 0 aliphatic carbocycles. The van der Waals surface area contributed by atoms with Gasteiger partial charge in [-0.05, 0) is 103 Å². The molecule has 0 unspecified atom stereocenters. The summed E-state index contributed by atoms with van der Waals surface area (Å²) < 4.78 is 101. The van der Waals surface area contributed by atoms with Gasteiger partial charge in [-0.25, -0.2) is 0 Å². The first kappa shape index (κ1) is 46.3. The average molecular weight is 1040 g/mol. The summed E-state index contributed by atoms with van der Waals surface area (Å²) in [6.45, 7) is 0. The number of hydrogen-bond acceptors (Lipinski definition) is 1. The Morgan fingerprint density at radius 2 is 0.418 bits per heavy atom. The summed E-state index contributed by atoms with van der Waals surface area (Å²) in [5.74, 6) is 0. The monoisotopic (exact) mass is 1040 g/mol. The molecule has 0 spiro atoms. The molecule has 5 nitrogen and oxygen atoms in total. The number of halogens is 6. The van der Waals surface area contributed by atoms with Crippen LogP contribution in [0, 0.1) is 0 Å². The Hall–Kier alpha value is -10.0. The van der Waals surface area contributed by atoms with Crippen molar-refractivity contribution in [2.24, 2.45) is 0 Å². The van der Waals surface area contributed by atoms with Crippen molar-refractivity contribution >= 4 is 104 Å². The van der Waals surface area contributed by atoms with Crippen molar-refractivity contribution in [1.82, 2.24) is 18.3 Å². The van der Waals surface area contributed by atoms with E-state index >= 15 is 26.3 Å². The van der Waals surface area contributed by atoms with Crippen LogP contribution >= 0.6 is 0 Å². The van der Waals surface area contributed by atoms with Gasteiger partial charge in [-0.2, -0.15) is 26.3 Å². The molecule has 15 rings (SSSR count). The maximum Gasteiger partial charge on any atom is 0.416 e. The lowest BCUT2D eigenvalue weighted by Gasteiger charge is -2.30. The van der Waals surface area contributed by atoms with E-state index in [1.54, 1.807) is 4.90 Å². The van der Waals surface area contributed by atoms with Crippen molar-refractivity contribution in [3.63, 3.8) is 0 Å². The molecule has 0 aliphatic heterocycles. The van der Waals surface area contributed by atoms with Crippen LogP contribution in [0.4, 0.5) is 43.4 Å². The fourth-order valence-corrected chi connectivity index (χ4v) is 12.3. The van der Waals surface area contributed by atoms with Gasteiger partial charge >= 0.3 is 12.4 Å². The van der Waals surface area contributed by atoms with Crippen LogP contribution in [0.1, 0.15) is 11.1 Å². The first-order valence-electron chi connectivity index (χ1n) is 25.8. The summed E-state index contributed by atoms with van der Waals surface area (Å²) in [6.07, 6.45) is -10.3. The summed E-state index contributed by atoms with van der Waals surface area (Å²) in [5, 5.41) is 7.79. The Balaban J connectivity index is 1.12. The van der Waals surface area contributed by atoms with Crippen molar-refractivity contribution in [3.8, 4) is 22.7 Å². The van der Waals surface area contributed by atoms with E-state index in [1.807, 2.05) is 182 Å². The molecular formula is C68H41F6N5. The normalized spacial score (nSPS) is 12.4. The number of para-hydroxylation sites is 8. The van der Waals surface area contributed by atoms with Crippen LogP contribution in [0.3, 0.4) is 0 Å². The molecule has 0 aliphatic rings. The molecule has 11 aromatic carbocycles. The number of nitrogens with zero attached hydrogens (tertiary/aromatic N) is 5. The molecule has 0 saturated heterocycles. The highest BCUT2D eigenvalue weighted by molar-refractivity contribution is 6.13. The van der Waals surface area contributed by atoms with Crippen molar-refractivity contribution < 1.29 is 26.3 Å². The van der Waals surface area contributed by atoms with E-state index in [0.717, 1.165) is 99.4 Å². The van der Waals surface area contributed by atoms with Crippen LogP contribution in [0.25, 0.3) is 110 Å². The second kappa shape index (κ2) is 17.3. The molecule has 0 bridgehead atoms. The number of rotatable bonds is 7. The van der Waals surface area contributed by atoms with Crippen LogP contribution in [0.2, 0.25) is 0 Å². The van der Waals surface area contributed by atoms with Gasteiger partial charge in [0.1, 0.15) is 0 Å². The number of anilines is 3. The fraction of sp³-hybridized carbons (Fsp3) is 0.0294. The quantitative estimate of drug-likeness (QED) is 0.146. The highest BCUT2D eigenvalue weighted by Gasteiger charge is 2.38. The van der Waals surface area contributed by atoms with E-state index in [4.69, 9.17) is 0 Å². The van der Waals surface area contributed by atoms with Crippen molar-refractivity contribution in [2.45, 2.75) is 12.4 Å². The van der Waals surface area contributed by atoms with Gasteiger partial charge in [0.2, 0.25) is 0 Å². The Morgan fingerprint density at radius 1 is 0.228 bits per heavy atom. The number of alkyl halides is 6. The molecule has 4 heterocycles. The number of benzene rings is 11. The van der Waals surface area contributed by atoms with Gasteiger partial charge in [0.25, 0.3) is 0 Å². The minimum atomic E-state index is -5.15. The maximum atomic E-state index is 15.4. The van der Waals surface area contributed by atoms with Crippen LogP contribution in [0.5, 0.6) is 0 Å². The summed E-state index contributed by atoms with van der Waals surface area (Å²) >= 11 is 0. The standard InChI is InChI=1S/C68H41F6N5/c69-67(70,71)42-33-43(68(72,73)74)35-44(34-42)75(45-36-47(76-59-25-9-1-17-51(59)52-18-2-10-26-60(52)76)40-48(37-45)77-61-27-11-3-19-53(61)54-20-4-12-28-62(54)77)46-38-49(78-63-29-13-5-21-55(63)56-22-6-14-30-64(56)78)41-50(39-46)79-65-31-15-7-23-57(65)58-24-8-16-32-66(58)79/h1-41H. The molecule has 15 aromatic rings. The van der Waals surface area contributed by atoms with Crippen LogP contribution in [0.15, 0.2) is 249 Å². The summed E-state index contributed by atoms with van der Waals surface area (Å²) in [6, 6.07) is 77.5. The number of hydrogen-bond donors (Lipinski definition) is 0. The highest BCUT2D eigenvalue weighted by atomic mass is 19.4. The zero-order chi connectivity index (χ0) is 53.3. The summed E-state index contributed by atoms with van der Waals surface area (Å²) in [4.78, 5) is 1.56. The molecule has 0 fully saturated rings. The topological polar surface area (TPSA) is 23.0 Å². The molecule has 11 heteroatoms. The molecule has 0 radical (unpaired) electrons.